The number of hydrogen-bond donors (Lipinski definition) is 2. The van der Waals surface area contributed by atoms with E-state index in [-0.39, 0.29) is 25.3 Å². The maximum Gasteiger partial charge on any atom is 0.339 e. The zero-order chi connectivity index (χ0) is 21.3. The first kappa shape index (κ1) is 19.9. The Morgan fingerprint density at radius 1 is 1.13 bits per heavy atom. The Bertz CT molecular complexity index is 1270. The lowest BCUT2D eigenvalue weighted by Gasteiger charge is -2.09. The van der Waals surface area contributed by atoms with Crippen molar-refractivity contribution in [1.29, 1.82) is 0 Å². The van der Waals surface area contributed by atoms with Gasteiger partial charge in [0.2, 0.25) is 5.91 Å². The van der Waals surface area contributed by atoms with Gasteiger partial charge in [-0.15, -0.1) is 0 Å². The fraction of sp³-hybridized carbons (Fsp3) is 0.250. The minimum absolute atomic E-state index is 0.146. The van der Waals surface area contributed by atoms with E-state index in [1.807, 2.05) is 43.3 Å². The second-order valence-corrected chi connectivity index (χ2v) is 7.51. The molecule has 6 heteroatoms. The average Bonchev–Trinajstić information content (AvgIpc) is 3.14. The lowest BCUT2D eigenvalue weighted by Crippen LogP contribution is -2.31. The first-order chi connectivity index (χ1) is 14.4. The first-order valence-electron chi connectivity index (χ1n) is 9.91. The van der Waals surface area contributed by atoms with E-state index in [4.69, 9.17) is 8.83 Å². The maximum absolute atomic E-state index is 12.5. The number of aryl methyl sites for hydroxylation is 1. The van der Waals surface area contributed by atoms with Gasteiger partial charge in [-0.25, -0.2) is 4.79 Å². The fourth-order valence-corrected chi connectivity index (χ4v) is 3.63. The molecule has 1 atom stereocenters. The molecule has 0 saturated heterocycles. The number of furan rings is 1. The molecule has 0 saturated carbocycles. The number of aliphatic hydroxyl groups is 1. The molecule has 0 aliphatic carbocycles. The summed E-state index contributed by atoms with van der Waals surface area (Å²) in [5.41, 5.74) is 3.95. The van der Waals surface area contributed by atoms with Crippen molar-refractivity contribution in [3.05, 3.63) is 70.3 Å². The molecule has 0 aliphatic rings. The molecule has 0 fully saturated rings. The van der Waals surface area contributed by atoms with Gasteiger partial charge in [0, 0.05) is 40.9 Å². The fourth-order valence-electron chi connectivity index (χ4n) is 3.63. The number of hydrogen-bond acceptors (Lipinski definition) is 5. The topological polar surface area (TPSA) is 92.7 Å². The Balaban J connectivity index is 1.72. The summed E-state index contributed by atoms with van der Waals surface area (Å²) in [6.45, 7) is 3.66. The molecule has 6 nitrogen and oxygen atoms in total. The number of rotatable bonds is 6. The second kappa shape index (κ2) is 8.16. The number of nitrogens with one attached hydrogen (secondary N) is 1. The Kier molecular flexibility index (Phi) is 5.42. The average molecular weight is 405 g/mol. The third kappa shape index (κ3) is 3.86. The van der Waals surface area contributed by atoms with Gasteiger partial charge in [0.15, 0.2) is 0 Å². The van der Waals surface area contributed by atoms with Gasteiger partial charge in [-0.1, -0.05) is 30.3 Å². The summed E-state index contributed by atoms with van der Waals surface area (Å²) in [7, 11) is 0. The second-order valence-electron chi connectivity index (χ2n) is 7.51. The van der Waals surface area contributed by atoms with Gasteiger partial charge in [0.1, 0.15) is 11.2 Å². The quantitative estimate of drug-likeness (QED) is 0.474. The number of aliphatic hydroxyl groups excluding tert-OH is 1. The summed E-state index contributed by atoms with van der Waals surface area (Å²) in [6.07, 6.45) is 1.51. The lowest BCUT2D eigenvalue weighted by molar-refractivity contribution is -0.121. The van der Waals surface area contributed by atoms with E-state index in [9.17, 15) is 14.7 Å². The molecule has 0 bridgehead atoms. The van der Waals surface area contributed by atoms with Crippen molar-refractivity contribution in [2.75, 3.05) is 6.54 Å². The molecular formula is C24H23NO5. The summed E-state index contributed by atoms with van der Waals surface area (Å²) >= 11 is 0. The van der Waals surface area contributed by atoms with Crippen LogP contribution in [0.25, 0.3) is 33.1 Å². The van der Waals surface area contributed by atoms with Crippen LogP contribution in [0.1, 0.15) is 24.5 Å². The van der Waals surface area contributed by atoms with Crippen molar-refractivity contribution in [2.45, 2.75) is 32.8 Å². The number of fused-ring (bicyclic) bond motifs is 2. The molecule has 2 aromatic carbocycles. The Morgan fingerprint density at radius 3 is 2.63 bits per heavy atom. The van der Waals surface area contributed by atoms with E-state index < -0.39 is 11.7 Å². The zero-order valence-electron chi connectivity index (χ0n) is 16.9. The predicted octanol–water partition coefficient (Wildman–Crippen LogP) is 3.94. The van der Waals surface area contributed by atoms with Gasteiger partial charge in [-0.3, -0.25) is 4.79 Å². The van der Waals surface area contributed by atoms with Crippen molar-refractivity contribution in [1.82, 2.24) is 5.32 Å². The van der Waals surface area contributed by atoms with Crippen LogP contribution >= 0.6 is 0 Å². The number of amides is 1. The highest BCUT2D eigenvalue weighted by Gasteiger charge is 2.16. The van der Waals surface area contributed by atoms with Crippen LogP contribution < -0.4 is 10.9 Å². The highest BCUT2D eigenvalue weighted by molar-refractivity contribution is 6.02. The van der Waals surface area contributed by atoms with Gasteiger partial charge in [-0.05, 0) is 37.5 Å². The minimum Gasteiger partial charge on any atom is -0.464 e. The van der Waals surface area contributed by atoms with Crippen LogP contribution in [0.15, 0.2) is 62.4 Å². The van der Waals surface area contributed by atoms with E-state index in [1.165, 1.54) is 0 Å². The minimum atomic E-state index is -0.613. The van der Waals surface area contributed by atoms with Crippen LogP contribution in [-0.2, 0) is 11.2 Å². The van der Waals surface area contributed by atoms with Crippen LogP contribution in [0, 0.1) is 6.92 Å². The van der Waals surface area contributed by atoms with Crippen molar-refractivity contribution >= 4 is 27.8 Å². The van der Waals surface area contributed by atoms with E-state index in [0.717, 1.165) is 27.5 Å². The molecule has 30 heavy (non-hydrogen) atoms. The molecule has 0 aliphatic heterocycles. The van der Waals surface area contributed by atoms with Crippen molar-refractivity contribution in [2.24, 2.45) is 0 Å². The Hall–Kier alpha value is -3.38. The molecule has 2 aromatic heterocycles. The standard InChI is InChI=1S/C24H23NO5/c1-14(26)12-25-23(27)9-8-17-15(2)18-10-19-20(16-6-4-3-5-7-16)13-29-21(19)11-22(18)30-24(17)28/h3-7,10-11,13-14,26H,8-9,12H2,1-2H3,(H,25,27)/t14-/m1/s1. The molecule has 1 amide bonds. The molecule has 4 rings (SSSR count). The zero-order valence-corrected chi connectivity index (χ0v) is 16.9. The van der Waals surface area contributed by atoms with Crippen LogP contribution in [-0.4, -0.2) is 23.7 Å². The highest BCUT2D eigenvalue weighted by Crippen LogP contribution is 2.34. The maximum atomic E-state index is 12.5. The monoisotopic (exact) mass is 405 g/mol. The summed E-state index contributed by atoms with van der Waals surface area (Å²) in [5.74, 6) is -0.216. The van der Waals surface area contributed by atoms with Crippen LogP contribution in [0.4, 0.5) is 0 Å². The molecule has 0 unspecified atom stereocenters. The third-order valence-electron chi connectivity index (χ3n) is 5.26. The van der Waals surface area contributed by atoms with Crippen molar-refractivity contribution < 1.29 is 18.7 Å². The van der Waals surface area contributed by atoms with Gasteiger partial charge in [0.05, 0.1) is 12.4 Å². The molecule has 154 valence electrons. The molecule has 0 radical (unpaired) electrons. The van der Waals surface area contributed by atoms with Crippen molar-refractivity contribution in [3.63, 3.8) is 0 Å². The largest absolute Gasteiger partial charge is 0.464 e. The smallest absolute Gasteiger partial charge is 0.339 e. The Labute approximate surface area is 173 Å². The molecule has 2 heterocycles. The van der Waals surface area contributed by atoms with E-state index >= 15 is 0 Å². The SMILES string of the molecule is Cc1c(CCC(=O)NC[C@@H](C)O)c(=O)oc2cc3occ(-c4ccccc4)c3cc12. The highest BCUT2D eigenvalue weighted by atomic mass is 16.4. The molecular weight excluding hydrogens is 382 g/mol. The molecule has 0 spiro atoms. The van der Waals surface area contributed by atoms with E-state index in [1.54, 1.807) is 19.3 Å². The lowest BCUT2D eigenvalue weighted by atomic mass is 9.99. The van der Waals surface area contributed by atoms with Crippen LogP contribution in [0.2, 0.25) is 0 Å². The van der Waals surface area contributed by atoms with E-state index in [0.29, 0.717) is 16.7 Å². The van der Waals surface area contributed by atoms with Gasteiger partial charge in [0.25, 0.3) is 0 Å². The molecule has 4 aromatic rings. The third-order valence-corrected chi connectivity index (χ3v) is 5.26. The summed E-state index contributed by atoms with van der Waals surface area (Å²) < 4.78 is 11.3. The normalized spacial score (nSPS) is 12.4. The van der Waals surface area contributed by atoms with Crippen LogP contribution in [0.5, 0.6) is 0 Å². The van der Waals surface area contributed by atoms with E-state index in [2.05, 4.69) is 5.32 Å². The summed E-state index contributed by atoms with van der Waals surface area (Å²) in [6, 6.07) is 13.7. The van der Waals surface area contributed by atoms with Crippen LogP contribution in [0.3, 0.4) is 0 Å². The predicted molar refractivity (Wildman–Crippen MR) is 115 cm³/mol. The Morgan fingerprint density at radius 2 is 1.90 bits per heavy atom. The summed E-state index contributed by atoms with van der Waals surface area (Å²) in [4.78, 5) is 24.5. The van der Waals surface area contributed by atoms with Gasteiger partial charge in [-0.2, -0.15) is 0 Å². The van der Waals surface area contributed by atoms with Gasteiger partial charge < -0.3 is 19.3 Å². The first-order valence-corrected chi connectivity index (χ1v) is 9.91. The van der Waals surface area contributed by atoms with Crippen molar-refractivity contribution in [3.8, 4) is 11.1 Å². The molecule has 2 N–H and O–H groups in total. The number of carbonyl (C=O) groups is 1. The number of benzene rings is 2. The number of carbonyl (C=O) groups excluding carboxylic acids is 1. The van der Waals surface area contributed by atoms with Gasteiger partial charge >= 0.3 is 5.63 Å². The summed E-state index contributed by atoms with van der Waals surface area (Å²) in [5, 5.41) is 13.7.